The summed E-state index contributed by atoms with van der Waals surface area (Å²) in [5, 5.41) is 44.3. The molecule has 0 aromatic heterocycles. The molecule has 1 amide bonds. The van der Waals surface area contributed by atoms with E-state index in [1.807, 2.05) is 26.0 Å². The third kappa shape index (κ3) is 3.61. The van der Waals surface area contributed by atoms with E-state index < -0.39 is 58.7 Å². The molecule has 2 saturated carbocycles. The average Bonchev–Trinajstić information content (AvgIpc) is 2.75. The van der Waals surface area contributed by atoms with E-state index in [0.29, 0.717) is 5.56 Å². The standard InChI is InChI=1S/C26H32N2O7/c1-11(2)5-6-12-7-8-16(29)18-14(12)9-13-10-15-20(28(3)4)22(31)19(25(27)34)24(33)26(15,35)23(32)17(13)21(18)30/h5-8,11,13,15,19-20,22,29-31,35H,9-10H2,1-4H3,(H2,27,34)/b6-5+/t13-,15-,19?,20-,22?,26-/m1/s1. The van der Waals surface area contributed by atoms with Crippen molar-refractivity contribution in [1.82, 2.24) is 4.90 Å². The monoisotopic (exact) mass is 484 g/mol. The first-order chi connectivity index (χ1) is 16.3. The summed E-state index contributed by atoms with van der Waals surface area (Å²) in [6.45, 7) is 4.04. The quantitative estimate of drug-likeness (QED) is 0.392. The highest BCUT2D eigenvalue weighted by atomic mass is 16.3. The van der Waals surface area contributed by atoms with Crippen LogP contribution in [0.3, 0.4) is 0 Å². The normalized spacial score (nSPS) is 32.7. The highest BCUT2D eigenvalue weighted by molar-refractivity contribution is 6.25. The SMILES string of the molecule is CC(C)/C=C/c1ccc(O)c2c1C[C@@H]1C[C@@H]3[C@@H](N(C)C)C(O)C(C(N)=O)C(=O)[C@]3(O)C(=O)C1=C2O. The maximum absolute atomic E-state index is 13.8. The molecule has 6 atom stereocenters. The van der Waals surface area contributed by atoms with Crippen molar-refractivity contribution < 1.29 is 34.8 Å². The van der Waals surface area contributed by atoms with Gasteiger partial charge < -0.3 is 31.1 Å². The minimum Gasteiger partial charge on any atom is -0.507 e. The van der Waals surface area contributed by atoms with Crippen molar-refractivity contribution in [3.05, 3.63) is 40.5 Å². The summed E-state index contributed by atoms with van der Waals surface area (Å²) in [6, 6.07) is 2.25. The predicted octanol–water partition coefficient (Wildman–Crippen LogP) is 0.798. The molecule has 0 saturated heterocycles. The fourth-order valence-corrected chi connectivity index (χ4v) is 6.08. The number of Topliss-reactive ketones (excluding diaryl/α,β-unsaturated/α-hetero) is 2. The number of nitrogens with two attached hydrogens (primary N) is 1. The molecule has 2 fully saturated rings. The molecular formula is C26H32N2O7. The summed E-state index contributed by atoms with van der Waals surface area (Å²) in [5.41, 5.74) is 4.12. The number of rotatable bonds is 4. The van der Waals surface area contributed by atoms with E-state index in [2.05, 4.69) is 0 Å². The number of carbonyl (C=O) groups excluding carboxylic acids is 3. The van der Waals surface area contributed by atoms with Crippen molar-refractivity contribution in [3.63, 3.8) is 0 Å². The average molecular weight is 485 g/mol. The van der Waals surface area contributed by atoms with Gasteiger partial charge in [0.2, 0.25) is 11.7 Å². The molecule has 9 nitrogen and oxygen atoms in total. The molecule has 0 heterocycles. The lowest BCUT2D eigenvalue weighted by Gasteiger charge is -2.53. The number of aromatic hydroxyl groups is 1. The summed E-state index contributed by atoms with van der Waals surface area (Å²) >= 11 is 0. The van der Waals surface area contributed by atoms with E-state index in [9.17, 15) is 34.8 Å². The van der Waals surface area contributed by atoms with Crippen LogP contribution in [0.2, 0.25) is 0 Å². The molecule has 1 aromatic rings. The third-order valence-corrected chi connectivity index (χ3v) is 7.67. The minimum absolute atomic E-state index is 0.0939. The maximum Gasteiger partial charge on any atom is 0.230 e. The van der Waals surface area contributed by atoms with Gasteiger partial charge in [-0.3, -0.25) is 14.4 Å². The molecule has 4 rings (SSSR count). The number of carbonyl (C=O) groups is 3. The Balaban J connectivity index is 1.91. The van der Waals surface area contributed by atoms with Crippen molar-refractivity contribution >= 4 is 29.3 Å². The summed E-state index contributed by atoms with van der Waals surface area (Å²) < 4.78 is 0. The highest BCUT2D eigenvalue weighted by Gasteiger charge is 2.67. The second-order valence-corrected chi connectivity index (χ2v) is 10.4. The van der Waals surface area contributed by atoms with Gasteiger partial charge in [-0.05, 0) is 56.0 Å². The lowest BCUT2D eigenvalue weighted by atomic mass is 9.54. The third-order valence-electron chi connectivity index (χ3n) is 7.67. The minimum atomic E-state index is -2.64. The zero-order valence-electron chi connectivity index (χ0n) is 20.2. The first-order valence-corrected chi connectivity index (χ1v) is 11.7. The number of likely N-dealkylation sites (N-methyl/N-ethyl adjacent to an activating group) is 1. The Labute approximate surface area is 203 Å². The Morgan fingerprint density at radius 3 is 2.46 bits per heavy atom. The second-order valence-electron chi connectivity index (χ2n) is 10.4. The number of aliphatic hydroxyl groups excluding tert-OH is 2. The molecule has 0 aliphatic heterocycles. The van der Waals surface area contributed by atoms with Crippen molar-refractivity contribution in [1.29, 1.82) is 0 Å². The Morgan fingerprint density at radius 1 is 1.23 bits per heavy atom. The van der Waals surface area contributed by atoms with Crippen LogP contribution in [0.15, 0.2) is 23.8 Å². The van der Waals surface area contributed by atoms with Gasteiger partial charge in [-0.25, -0.2) is 0 Å². The molecule has 9 heteroatoms. The Kier molecular flexibility index (Phi) is 6.15. The van der Waals surface area contributed by atoms with Crippen LogP contribution in [0.1, 0.15) is 37.0 Å². The lowest BCUT2D eigenvalue weighted by molar-refractivity contribution is -0.184. The maximum atomic E-state index is 13.8. The van der Waals surface area contributed by atoms with Gasteiger partial charge in [0.15, 0.2) is 11.4 Å². The first kappa shape index (κ1) is 25.1. The van der Waals surface area contributed by atoms with Crippen molar-refractivity contribution in [3.8, 4) is 5.75 Å². The number of fused-ring (bicyclic) bond motifs is 3. The van der Waals surface area contributed by atoms with Gasteiger partial charge >= 0.3 is 0 Å². The van der Waals surface area contributed by atoms with E-state index in [1.54, 1.807) is 25.1 Å². The Bertz CT molecular complexity index is 1170. The van der Waals surface area contributed by atoms with E-state index in [-0.39, 0.29) is 35.6 Å². The number of phenols is 1. The van der Waals surface area contributed by atoms with Crippen LogP contribution < -0.4 is 5.73 Å². The molecule has 3 aliphatic rings. The van der Waals surface area contributed by atoms with Gasteiger partial charge in [-0.15, -0.1) is 0 Å². The highest BCUT2D eigenvalue weighted by Crippen LogP contribution is 2.52. The van der Waals surface area contributed by atoms with Crippen molar-refractivity contribution in [2.24, 2.45) is 29.4 Å². The van der Waals surface area contributed by atoms with Gasteiger partial charge in [0.1, 0.15) is 17.4 Å². The fraction of sp³-hybridized carbons (Fsp3) is 0.500. The number of amides is 1. The molecule has 2 unspecified atom stereocenters. The number of benzene rings is 1. The number of ketones is 2. The number of aliphatic hydroxyl groups is 3. The van der Waals surface area contributed by atoms with Gasteiger partial charge in [-0.2, -0.15) is 0 Å². The zero-order valence-corrected chi connectivity index (χ0v) is 20.2. The fourth-order valence-electron chi connectivity index (χ4n) is 6.08. The molecule has 0 bridgehead atoms. The smallest absolute Gasteiger partial charge is 0.230 e. The molecule has 3 aliphatic carbocycles. The molecule has 6 N–H and O–H groups in total. The number of nitrogens with zero attached hydrogens (tertiary/aromatic N) is 1. The van der Waals surface area contributed by atoms with Crippen LogP contribution in [-0.2, 0) is 20.8 Å². The lowest BCUT2D eigenvalue weighted by Crippen LogP contribution is -2.73. The predicted molar refractivity (Wildman–Crippen MR) is 128 cm³/mol. The van der Waals surface area contributed by atoms with Crippen molar-refractivity contribution in [2.45, 2.75) is 44.4 Å². The summed E-state index contributed by atoms with van der Waals surface area (Å²) in [5.74, 6) is -7.12. The number of hydrogen-bond acceptors (Lipinski definition) is 8. The summed E-state index contributed by atoms with van der Waals surface area (Å²) in [4.78, 5) is 40.7. The van der Waals surface area contributed by atoms with Crippen LogP contribution in [0.25, 0.3) is 11.8 Å². The number of hydrogen-bond donors (Lipinski definition) is 5. The van der Waals surface area contributed by atoms with E-state index in [0.717, 1.165) is 5.56 Å². The van der Waals surface area contributed by atoms with Gasteiger partial charge in [0.25, 0.3) is 0 Å². The number of allylic oxidation sites excluding steroid dienone is 1. The van der Waals surface area contributed by atoms with Gasteiger partial charge in [0.05, 0.1) is 11.7 Å². The number of primary amides is 1. The first-order valence-electron chi connectivity index (χ1n) is 11.7. The van der Waals surface area contributed by atoms with E-state index >= 15 is 0 Å². The van der Waals surface area contributed by atoms with Crippen LogP contribution in [0.4, 0.5) is 0 Å². The molecule has 188 valence electrons. The van der Waals surface area contributed by atoms with Crippen molar-refractivity contribution in [2.75, 3.05) is 14.1 Å². The molecule has 0 radical (unpaired) electrons. The summed E-state index contributed by atoms with van der Waals surface area (Å²) in [6.07, 6.45) is 2.76. The van der Waals surface area contributed by atoms with Crippen LogP contribution in [-0.4, -0.2) is 74.6 Å². The Morgan fingerprint density at radius 2 is 1.89 bits per heavy atom. The molecule has 0 spiro atoms. The largest absolute Gasteiger partial charge is 0.507 e. The Hall–Kier alpha value is -3.01. The zero-order chi connectivity index (χ0) is 26.0. The van der Waals surface area contributed by atoms with Crippen LogP contribution in [0.5, 0.6) is 5.75 Å². The second kappa shape index (κ2) is 8.58. The molecular weight excluding hydrogens is 452 g/mol. The van der Waals surface area contributed by atoms with E-state index in [1.165, 1.54) is 6.07 Å². The van der Waals surface area contributed by atoms with Crippen LogP contribution >= 0.6 is 0 Å². The van der Waals surface area contributed by atoms with Gasteiger partial charge in [0, 0.05) is 17.5 Å². The van der Waals surface area contributed by atoms with Crippen LogP contribution in [0, 0.1) is 23.7 Å². The topological polar surface area (TPSA) is 161 Å². The molecule has 35 heavy (non-hydrogen) atoms. The molecule has 1 aromatic carbocycles. The summed E-state index contributed by atoms with van der Waals surface area (Å²) in [7, 11) is 3.25. The van der Waals surface area contributed by atoms with E-state index in [4.69, 9.17) is 5.73 Å². The van der Waals surface area contributed by atoms with Gasteiger partial charge in [-0.1, -0.05) is 32.1 Å². The number of phenolic OH excluding ortho intramolecular Hbond substituents is 1.